The molecule has 1 aromatic heterocycles. The molecule has 0 unspecified atom stereocenters. The summed E-state index contributed by atoms with van der Waals surface area (Å²) >= 11 is 0. The quantitative estimate of drug-likeness (QED) is 0.768. The summed E-state index contributed by atoms with van der Waals surface area (Å²) in [5.74, 6) is 0.316. The molecule has 0 aromatic carbocycles. The van der Waals surface area contributed by atoms with Crippen molar-refractivity contribution in [3.63, 3.8) is 0 Å². The van der Waals surface area contributed by atoms with Gasteiger partial charge >= 0.3 is 6.09 Å². The van der Waals surface area contributed by atoms with Gasteiger partial charge in [-0.15, -0.1) is 0 Å². The van der Waals surface area contributed by atoms with E-state index < -0.39 is 6.09 Å². The molecule has 1 heterocycles. The minimum atomic E-state index is -0.458. The fraction of sp³-hybridized carbons (Fsp3) is 0.333. The Hall–Kier alpha value is -1.58. The summed E-state index contributed by atoms with van der Waals surface area (Å²) in [6.07, 6.45) is 2.00. The van der Waals surface area contributed by atoms with E-state index in [0.29, 0.717) is 12.4 Å². The molecule has 0 saturated heterocycles. The number of pyridine rings is 1. The monoisotopic (exact) mass is 180 g/mol. The van der Waals surface area contributed by atoms with E-state index in [4.69, 9.17) is 4.74 Å². The van der Waals surface area contributed by atoms with Gasteiger partial charge in [-0.3, -0.25) is 0 Å². The van der Waals surface area contributed by atoms with Crippen LogP contribution in [0.5, 0.6) is 5.88 Å². The summed E-state index contributed by atoms with van der Waals surface area (Å²) in [4.78, 5) is 14.8. The number of amides is 1. The van der Waals surface area contributed by atoms with Gasteiger partial charge in [0, 0.05) is 18.8 Å². The van der Waals surface area contributed by atoms with Crippen LogP contribution in [0.25, 0.3) is 0 Å². The number of rotatable bonds is 3. The number of carbonyl (C=O) groups excluding carboxylic acids is 1. The van der Waals surface area contributed by atoms with Gasteiger partial charge in [0.05, 0.1) is 0 Å². The van der Waals surface area contributed by atoms with E-state index >= 15 is 0 Å². The summed E-state index contributed by atoms with van der Waals surface area (Å²) in [6, 6.07) is 5.15. The zero-order valence-electron chi connectivity index (χ0n) is 7.49. The number of nitrogens with one attached hydrogen (secondary N) is 1. The molecule has 1 N–H and O–H groups in total. The molecule has 4 heteroatoms. The summed E-state index contributed by atoms with van der Waals surface area (Å²) < 4.78 is 4.86. The lowest BCUT2D eigenvalue weighted by atomic mass is 10.5. The highest BCUT2D eigenvalue weighted by atomic mass is 16.6. The number of nitrogens with zero attached hydrogens (tertiary/aromatic N) is 1. The van der Waals surface area contributed by atoms with E-state index in [2.05, 4.69) is 10.3 Å². The summed E-state index contributed by atoms with van der Waals surface area (Å²) in [7, 11) is 0. The first-order valence-corrected chi connectivity index (χ1v) is 4.19. The van der Waals surface area contributed by atoms with Crippen molar-refractivity contribution in [2.45, 2.75) is 13.3 Å². The highest BCUT2D eigenvalue weighted by Crippen LogP contribution is 2.02. The molecule has 0 radical (unpaired) electrons. The van der Waals surface area contributed by atoms with E-state index in [-0.39, 0.29) is 0 Å². The molecule has 0 atom stereocenters. The van der Waals surface area contributed by atoms with Gasteiger partial charge in [-0.25, -0.2) is 9.78 Å². The van der Waals surface area contributed by atoms with E-state index in [9.17, 15) is 4.79 Å². The molecule has 1 rings (SSSR count). The Morgan fingerprint density at radius 3 is 3.08 bits per heavy atom. The number of ether oxygens (including phenoxy) is 1. The lowest BCUT2D eigenvalue weighted by molar-refractivity contribution is 0.198. The van der Waals surface area contributed by atoms with Crippen LogP contribution in [0.1, 0.15) is 13.3 Å². The Morgan fingerprint density at radius 1 is 1.62 bits per heavy atom. The van der Waals surface area contributed by atoms with Crippen LogP contribution in [0.15, 0.2) is 24.4 Å². The fourth-order valence-electron chi connectivity index (χ4n) is 0.766. The number of hydrogen-bond acceptors (Lipinski definition) is 3. The fourth-order valence-corrected chi connectivity index (χ4v) is 0.766. The van der Waals surface area contributed by atoms with Gasteiger partial charge in [0.25, 0.3) is 0 Å². The third kappa shape index (κ3) is 3.55. The van der Waals surface area contributed by atoms with E-state index in [0.717, 1.165) is 6.42 Å². The van der Waals surface area contributed by atoms with Crippen molar-refractivity contribution in [1.29, 1.82) is 0 Å². The second kappa shape index (κ2) is 5.13. The Labute approximate surface area is 76.9 Å². The molecule has 0 spiro atoms. The molecule has 0 fully saturated rings. The third-order valence-corrected chi connectivity index (χ3v) is 1.35. The molecule has 1 amide bonds. The van der Waals surface area contributed by atoms with Gasteiger partial charge < -0.3 is 10.1 Å². The highest BCUT2D eigenvalue weighted by Gasteiger charge is 2.01. The smallest absolute Gasteiger partial charge is 0.391 e. The Morgan fingerprint density at radius 2 is 2.46 bits per heavy atom. The minimum Gasteiger partial charge on any atom is -0.391 e. The number of aromatic nitrogens is 1. The molecule has 0 saturated carbocycles. The van der Waals surface area contributed by atoms with Crippen molar-refractivity contribution >= 4 is 6.09 Å². The van der Waals surface area contributed by atoms with Crippen LogP contribution in [0, 0.1) is 0 Å². The number of hydrogen-bond donors (Lipinski definition) is 1. The zero-order chi connectivity index (χ0) is 9.52. The maximum atomic E-state index is 11.0. The largest absolute Gasteiger partial charge is 0.413 e. The van der Waals surface area contributed by atoms with Crippen LogP contribution >= 0.6 is 0 Å². The summed E-state index contributed by atoms with van der Waals surface area (Å²) in [5, 5.41) is 2.58. The third-order valence-electron chi connectivity index (χ3n) is 1.35. The predicted molar refractivity (Wildman–Crippen MR) is 48.6 cm³/mol. The van der Waals surface area contributed by atoms with Crippen LogP contribution in [0.2, 0.25) is 0 Å². The van der Waals surface area contributed by atoms with Gasteiger partial charge in [0.1, 0.15) is 0 Å². The van der Waals surface area contributed by atoms with Crippen molar-refractivity contribution in [2.24, 2.45) is 0 Å². The molecular weight excluding hydrogens is 168 g/mol. The second-order valence-electron chi connectivity index (χ2n) is 2.48. The summed E-state index contributed by atoms with van der Waals surface area (Å²) in [5.41, 5.74) is 0. The molecule has 70 valence electrons. The van der Waals surface area contributed by atoms with Gasteiger partial charge in [-0.05, 0) is 12.5 Å². The lowest BCUT2D eigenvalue weighted by Gasteiger charge is -2.03. The molecule has 4 nitrogen and oxygen atoms in total. The maximum absolute atomic E-state index is 11.0. The van der Waals surface area contributed by atoms with Crippen LogP contribution in [-0.2, 0) is 0 Å². The SMILES string of the molecule is CCCNC(=O)Oc1ccccn1. The van der Waals surface area contributed by atoms with Gasteiger partial charge in [0.2, 0.25) is 5.88 Å². The van der Waals surface area contributed by atoms with Gasteiger partial charge in [-0.1, -0.05) is 13.0 Å². The van der Waals surface area contributed by atoms with Crippen LogP contribution in [0.3, 0.4) is 0 Å². The molecule has 13 heavy (non-hydrogen) atoms. The highest BCUT2D eigenvalue weighted by molar-refractivity contribution is 5.69. The van der Waals surface area contributed by atoms with E-state index in [1.807, 2.05) is 6.92 Å². The first-order valence-electron chi connectivity index (χ1n) is 4.19. The Balaban J connectivity index is 2.37. The van der Waals surface area contributed by atoms with Crippen molar-refractivity contribution < 1.29 is 9.53 Å². The first kappa shape index (κ1) is 9.51. The predicted octanol–water partition coefficient (Wildman–Crippen LogP) is 1.58. The zero-order valence-corrected chi connectivity index (χ0v) is 7.49. The minimum absolute atomic E-state index is 0.316. The Bertz CT molecular complexity index is 262. The normalized spacial score (nSPS) is 9.31. The van der Waals surface area contributed by atoms with Gasteiger partial charge in [0.15, 0.2) is 0 Å². The molecule has 0 bridgehead atoms. The first-order chi connectivity index (χ1) is 6.33. The van der Waals surface area contributed by atoms with Crippen LogP contribution in [0.4, 0.5) is 4.79 Å². The second-order valence-corrected chi connectivity index (χ2v) is 2.48. The molecule has 1 aromatic rings. The van der Waals surface area contributed by atoms with Crippen molar-refractivity contribution in [3.8, 4) is 5.88 Å². The molecule has 0 aliphatic carbocycles. The van der Waals surface area contributed by atoms with Gasteiger partial charge in [-0.2, -0.15) is 0 Å². The Kier molecular flexibility index (Phi) is 3.75. The standard InChI is InChI=1S/C9H12N2O2/c1-2-6-11-9(12)13-8-5-3-4-7-10-8/h3-5,7H,2,6H2,1H3,(H,11,12). The molecule has 0 aliphatic rings. The van der Waals surface area contributed by atoms with Crippen LogP contribution in [-0.4, -0.2) is 17.6 Å². The van der Waals surface area contributed by atoms with Crippen LogP contribution < -0.4 is 10.1 Å². The lowest BCUT2D eigenvalue weighted by Crippen LogP contribution is -2.27. The van der Waals surface area contributed by atoms with Crippen molar-refractivity contribution in [2.75, 3.05) is 6.54 Å². The van der Waals surface area contributed by atoms with E-state index in [1.54, 1.807) is 24.4 Å². The average Bonchev–Trinajstić information content (AvgIpc) is 2.16. The maximum Gasteiger partial charge on any atom is 0.413 e. The van der Waals surface area contributed by atoms with E-state index in [1.165, 1.54) is 0 Å². The van der Waals surface area contributed by atoms with Crippen molar-refractivity contribution in [1.82, 2.24) is 10.3 Å². The average molecular weight is 180 g/mol. The molecular formula is C9H12N2O2. The molecule has 0 aliphatic heterocycles. The topological polar surface area (TPSA) is 51.2 Å². The van der Waals surface area contributed by atoms with Crippen molar-refractivity contribution in [3.05, 3.63) is 24.4 Å². The summed E-state index contributed by atoms with van der Waals surface area (Å²) in [6.45, 7) is 2.59. The number of carbonyl (C=O) groups is 1.